The number of hydrogen-bond donors (Lipinski definition) is 1. The molecule has 2 unspecified atom stereocenters. The first-order valence-corrected chi connectivity index (χ1v) is 8.68. The Labute approximate surface area is 135 Å². The summed E-state index contributed by atoms with van der Waals surface area (Å²) in [5.41, 5.74) is 0.398. The summed E-state index contributed by atoms with van der Waals surface area (Å²) in [6.45, 7) is 11.3. The molecule has 2 atom stereocenters. The molecule has 2 aliphatic rings. The van der Waals surface area contributed by atoms with Crippen LogP contribution in [0.2, 0.25) is 0 Å². The summed E-state index contributed by atoms with van der Waals surface area (Å²) in [4.78, 5) is 6.75. The van der Waals surface area contributed by atoms with Crippen LogP contribution in [0, 0.1) is 5.41 Å². The monoisotopic (exact) mass is 311 g/mol. The third-order valence-electron chi connectivity index (χ3n) is 4.37. The Kier molecular flexibility index (Phi) is 6.50. The van der Waals surface area contributed by atoms with Crippen LogP contribution < -0.4 is 5.32 Å². The van der Waals surface area contributed by atoms with Gasteiger partial charge in [0.1, 0.15) is 6.10 Å². The molecule has 0 aliphatic carbocycles. The van der Waals surface area contributed by atoms with Crippen LogP contribution >= 0.6 is 0 Å². The fourth-order valence-electron chi connectivity index (χ4n) is 3.14. The van der Waals surface area contributed by atoms with Crippen molar-refractivity contribution in [1.82, 2.24) is 10.2 Å². The van der Waals surface area contributed by atoms with Gasteiger partial charge in [-0.15, -0.1) is 0 Å². The predicted molar refractivity (Wildman–Crippen MR) is 90.3 cm³/mol. The number of ether oxygens (including phenoxy) is 2. The van der Waals surface area contributed by atoms with Crippen molar-refractivity contribution in [3.8, 4) is 0 Å². The molecule has 0 bridgehead atoms. The van der Waals surface area contributed by atoms with Crippen molar-refractivity contribution >= 4 is 5.96 Å². The van der Waals surface area contributed by atoms with Crippen molar-refractivity contribution in [3.63, 3.8) is 0 Å². The van der Waals surface area contributed by atoms with Crippen LogP contribution in [0.25, 0.3) is 0 Å². The minimum absolute atomic E-state index is 0.185. The van der Waals surface area contributed by atoms with E-state index >= 15 is 0 Å². The second kappa shape index (κ2) is 8.16. The summed E-state index contributed by atoms with van der Waals surface area (Å²) in [6.07, 6.45) is 5.12. The molecule has 2 saturated heterocycles. The van der Waals surface area contributed by atoms with E-state index in [-0.39, 0.29) is 12.2 Å². The van der Waals surface area contributed by atoms with Crippen molar-refractivity contribution in [3.05, 3.63) is 0 Å². The van der Waals surface area contributed by atoms with Gasteiger partial charge in [0.25, 0.3) is 0 Å². The molecule has 0 aromatic carbocycles. The lowest BCUT2D eigenvalue weighted by Gasteiger charge is -2.37. The summed E-state index contributed by atoms with van der Waals surface area (Å²) >= 11 is 0. The largest absolute Gasteiger partial charge is 0.375 e. The topological polar surface area (TPSA) is 46.1 Å². The highest BCUT2D eigenvalue weighted by Gasteiger charge is 2.32. The molecular formula is C17H33N3O2. The molecule has 0 saturated carbocycles. The van der Waals surface area contributed by atoms with Gasteiger partial charge < -0.3 is 19.7 Å². The summed E-state index contributed by atoms with van der Waals surface area (Å²) < 4.78 is 11.7. The average molecular weight is 311 g/mol. The van der Waals surface area contributed by atoms with Crippen molar-refractivity contribution < 1.29 is 9.47 Å². The molecule has 2 rings (SSSR count). The molecule has 0 aromatic rings. The van der Waals surface area contributed by atoms with Gasteiger partial charge in [-0.1, -0.05) is 20.8 Å². The number of nitrogens with zero attached hydrogens (tertiary/aromatic N) is 2. The second-order valence-electron chi connectivity index (χ2n) is 7.54. The number of aliphatic imine (C=N–C) groups is 1. The Morgan fingerprint density at radius 3 is 2.64 bits per heavy atom. The zero-order valence-electron chi connectivity index (χ0n) is 14.7. The van der Waals surface area contributed by atoms with Gasteiger partial charge in [-0.2, -0.15) is 0 Å². The van der Waals surface area contributed by atoms with Crippen LogP contribution in [0.1, 0.15) is 46.5 Å². The van der Waals surface area contributed by atoms with Crippen molar-refractivity contribution in [1.29, 1.82) is 0 Å². The first-order chi connectivity index (χ1) is 10.5. The van der Waals surface area contributed by atoms with Gasteiger partial charge in [-0.3, -0.25) is 4.99 Å². The summed E-state index contributed by atoms with van der Waals surface area (Å²) in [5, 5.41) is 3.50. The maximum Gasteiger partial charge on any atom is 0.193 e. The molecule has 0 amide bonds. The lowest BCUT2D eigenvalue weighted by Crippen LogP contribution is -2.53. The van der Waals surface area contributed by atoms with E-state index in [1.54, 1.807) is 0 Å². The maximum atomic E-state index is 5.91. The van der Waals surface area contributed by atoms with Crippen LogP contribution in [0.4, 0.5) is 0 Å². The summed E-state index contributed by atoms with van der Waals surface area (Å²) in [6, 6.07) is 0. The smallest absolute Gasteiger partial charge is 0.193 e. The van der Waals surface area contributed by atoms with E-state index in [1.807, 2.05) is 7.05 Å². The van der Waals surface area contributed by atoms with Crippen molar-refractivity contribution in [2.45, 2.75) is 58.7 Å². The predicted octanol–water partition coefficient (Wildman–Crippen LogP) is 2.27. The maximum absolute atomic E-state index is 5.91. The molecule has 2 aliphatic heterocycles. The zero-order chi connectivity index (χ0) is 16.0. The van der Waals surface area contributed by atoms with Crippen LogP contribution in [0.3, 0.4) is 0 Å². The Bertz CT molecular complexity index is 359. The number of morpholine rings is 1. The van der Waals surface area contributed by atoms with Gasteiger partial charge in [0.05, 0.1) is 12.7 Å². The van der Waals surface area contributed by atoms with E-state index in [9.17, 15) is 0 Å². The van der Waals surface area contributed by atoms with Gasteiger partial charge in [-0.05, 0) is 31.1 Å². The van der Waals surface area contributed by atoms with Crippen LogP contribution in [0.5, 0.6) is 0 Å². The minimum Gasteiger partial charge on any atom is -0.375 e. The van der Waals surface area contributed by atoms with Gasteiger partial charge in [0, 0.05) is 33.3 Å². The number of nitrogens with one attached hydrogen (secondary N) is 1. The highest BCUT2D eigenvalue weighted by Crippen LogP contribution is 2.21. The Hall–Kier alpha value is -0.810. The first kappa shape index (κ1) is 17.5. The lowest BCUT2D eigenvalue weighted by molar-refractivity contribution is -0.0816. The van der Waals surface area contributed by atoms with Crippen LogP contribution in [0.15, 0.2) is 4.99 Å². The third kappa shape index (κ3) is 5.43. The van der Waals surface area contributed by atoms with E-state index in [2.05, 4.69) is 36.0 Å². The Balaban J connectivity index is 1.77. The van der Waals surface area contributed by atoms with E-state index in [4.69, 9.17) is 9.47 Å². The molecule has 2 heterocycles. The van der Waals surface area contributed by atoms with Crippen molar-refractivity contribution in [2.75, 3.05) is 39.9 Å². The Morgan fingerprint density at radius 1 is 1.23 bits per heavy atom. The average Bonchev–Trinajstić information content (AvgIpc) is 3.01. The molecule has 0 radical (unpaired) electrons. The highest BCUT2D eigenvalue weighted by atomic mass is 16.5. The Morgan fingerprint density at radius 2 is 2.00 bits per heavy atom. The standard InChI is InChI=1S/C17H33N3O2/c1-17(2,3)8-6-9-19-16(18-4)20-10-12-22-15(13-20)14-7-5-11-21-14/h14-15H,5-13H2,1-4H3,(H,18,19). The minimum atomic E-state index is 0.185. The van der Waals surface area contributed by atoms with Gasteiger partial charge >= 0.3 is 0 Å². The van der Waals surface area contributed by atoms with Gasteiger partial charge in [0.15, 0.2) is 5.96 Å². The van der Waals surface area contributed by atoms with Crippen LogP contribution in [-0.2, 0) is 9.47 Å². The number of rotatable bonds is 4. The van der Waals surface area contributed by atoms with Gasteiger partial charge in [0.2, 0.25) is 0 Å². The number of hydrogen-bond acceptors (Lipinski definition) is 3. The summed E-state index contributed by atoms with van der Waals surface area (Å²) in [7, 11) is 1.86. The van der Waals surface area contributed by atoms with E-state index in [1.165, 1.54) is 12.8 Å². The molecule has 2 fully saturated rings. The van der Waals surface area contributed by atoms with Gasteiger partial charge in [-0.25, -0.2) is 0 Å². The van der Waals surface area contributed by atoms with E-state index in [0.29, 0.717) is 5.41 Å². The van der Waals surface area contributed by atoms with Crippen molar-refractivity contribution in [2.24, 2.45) is 10.4 Å². The molecule has 0 aromatic heterocycles. The van der Waals surface area contributed by atoms with Crippen LogP contribution in [-0.4, -0.2) is 63.0 Å². The lowest BCUT2D eigenvalue weighted by atomic mass is 9.91. The fourth-order valence-corrected chi connectivity index (χ4v) is 3.14. The third-order valence-corrected chi connectivity index (χ3v) is 4.37. The number of guanidine groups is 1. The van der Waals surface area contributed by atoms with E-state index < -0.39 is 0 Å². The zero-order valence-corrected chi connectivity index (χ0v) is 14.7. The SMILES string of the molecule is CN=C(NCCCC(C)(C)C)N1CCOC(C2CCCO2)C1. The van der Waals surface area contributed by atoms with E-state index in [0.717, 1.165) is 51.6 Å². The molecule has 1 N–H and O–H groups in total. The quantitative estimate of drug-likeness (QED) is 0.491. The normalized spacial score (nSPS) is 27.3. The molecule has 128 valence electrons. The fraction of sp³-hybridized carbons (Fsp3) is 0.941. The summed E-state index contributed by atoms with van der Waals surface area (Å²) in [5.74, 6) is 1.00. The molecule has 0 spiro atoms. The first-order valence-electron chi connectivity index (χ1n) is 8.68. The molecule has 5 heteroatoms. The molecule has 22 heavy (non-hydrogen) atoms. The molecule has 5 nitrogen and oxygen atoms in total. The highest BCUT2D eigenvalue weighted by molar-refractivity contribution is 5.80. The molecular weight excluding hydrogens is 278 g/mol. The second-order valence-corrected chi connectivity index (χ2v) is 7.54.